The van der Waals surface area contributed by atoms with Crippen LogP contribution in [-0.4, -0.2) is 43.3 Å². The van der Waals surface area contributed by atoms with Gasteiger partial charge in [0.15, 0.2) is 0 Å². The van der Waals surface area contributed by atoms with E-state index in [0.29, 0.717) is 25.9 Å². The Morgan fingerprint density at radius 2 is 1.94 bits per heavy atom. The number of esters is 1. The number of piperidine rings is 1. The first-order chi connectivity index (χ1) is 8.34. The van der Waals surface area contributed by atoms with Gasteiger partial charge in [-0.15, -0.1) is 0 Å². The Labute approximate surface area is 108 Å². The van der Waals surface area contributed by atoms with Crippen molar-refractivity contribution in [3.8, 4) is 0 Å². The molecule has 6 heteroatoms. The van der Waals surface area contributed by atoms with Gasteiger partial charge in [-0.2, -0.15) is 0 Å². The molecule has 0 radical (unpaired) electrons. The average Bonchev–Trinajstić information content (AvgIpc) is 2.28. The van der Waals surface area contributed by atoms with Crippen molar-refractivity contribution in [1.82, 2.24) is 4.90 Å². The average molecular weight is 261 g/mol. The van der Waals surface area contributed by atoms with E-state index in [4.69, 9.17) is 4.74 Å². The molecule has 1 aliphatic heterocycles. The summed E-state index contributed by atoms with van der Waals surface area (Å²) in [5.74, 6) is -0.316. The SMILES string of the molecule is CCC(C)(C)OC(=O)C1CCN(CB(F)F)CC1. The third-order valence-electron chi connectivity index (χ3n) is 3.55. The van der Waals surface area contributed by atoms with Crippen molar-refractivity contribution >= 4 is 13.2 Å². The van der Waals surface area contributed by atoms with Gasteiger partial charge in [0, 0.05) is 6.44 Å². The Kier molecular flexibility index (Phi) is 5.57. The van der Waals surface area contributed by atoms with Crippen molar-refractivity contribution in [3.05, 3.63) is 0 Å². The third-order valence-corrected chi connectivity index (χ3v) is 3.55. The van der Waals surface area contributed by atoms with E-state index in [2.05, 4.69) is 0 Å². The zero-order valence-electron chi connectivity index (χ0n) is 11.4. The lowest BCUT2D eigenvalue weighted by atomic mass is 9.92. The summed E-state index contributed by atoms with van der Waals surface area (Å²) in [7, 11) is -2.30. The first-order valence-corrected chi connectivity index (χ1v) is 6.57. The molecule has 0 bridgehead atoms. The number of rotatable bonds is 5. The lowest BCUT2D eigenvalue weighted by Crippen LogP contribution is -2.41. The molecule has 0 aromatic carbocycles. The van der Waals surface area contributed by atoms with Gasteiger partial charge in [0.1, 0.15) is 5.60 Å². The maximum atomic E-state index is 12.2. The third kappa shape index (κ3) is 4.92. The summed E-state index contributed by atoms with van der Waals surface area (Å²) >= 11 is 0. The molecule has 0 aromatic heterocycles. The molecule has 1 rings (SSSR count). The van der Waals surface area contributed by atoms with E-state index in [-0.39, 0.29) is 18.3 Å². The van der Waals surface area contributed by atoms with Crippen molar-refractivity contribution in [1.29, 1.82) is 0 Å². The molecule has 1 fully saturated rings. The molecular weight excluding hydrogens is 239 g/mol. The minimum absolute atomic E-state index is 0.134. The van der Waals surface area contributed by atoms with Crippen LogP contribution in [0.1, 0.15) is 40.0 Å². The molecule has 1 saturated heterocycles. The molecule has 0 N–H and O–H groups in total. The fourth-order valence-corrected chi connectivity index (χ4v) is 1.97. The Morgan fingerprint density at radius 1 is 1.39 bits per heavy atom. The van der Waals surface area contributed by atoms with E-state index in [9.17, 15) is 13.4 Å². The molecule has 0 aromatic rings. The first kappa shape index (κ1) is 15.4. The van der Waals surface area contributed by atoms with E-state index in [1.165, 1.54) is 0 Å². The molecule has 0 atom stereocenters. The summed E-state index contributed by atoms with van der Waals surface area (Å²) in [4.78, 5) is 13.6. The lowest BCUT2D eigenvalue weighted by Gasteiger charge is -2.32. The highest BCUT2D eigenvalue weighted by atomic mass is 19.2. The number of hydrogen-bond acceptors (Lipinski definition) is 3. The van der Waals surface area contributed by atoms with Crippen molar-refractivity contribution in [2.45, 2.75) is 45.6 Å². The Morgan fingerprint density at radius 3 is 2.39 bits per heavy atom. The quantitative estimate of drug-likeness (QED) is 0.562. The number of hydrogen-bond donors (Lipinski definition) is 0. The molecule has 1 aliphatic rings. The van der Waals surface area contributed by atoms with E-state index in [1.54, 1.807) is 4.90 Å². The van der Waals surface area contributed by atoms with Gasteiger partial charge in [0.2, 0.25) is 0 Å². The summed E-state index contributed by atoms with van der Waals surface area (Å²) in [6, 6.07) is 0. The minimum atomic E-state index is -2.30. The Balaban J connectivity index is 2.36. The zero-order valence-corrected chi connectivity index (χ0v) is 11.4. The van der Waals surface area contributed by atoms with Crippen LogP contribution in [0, 0.1) is 5.92 Å². The highest BCUT2D eigenvalue weighted by Gasteiger charge is 2.31. The fraction of sp³-hybridized carbons (Fsp3) is 0.917. The molecule has 0 aliphatic carbocycles. The molecule has 1 heterocycles. The zero-order chi connectivity index (χ0) is 13.8. The molecule has 18 heavy (non-hydrogen) atoms. The predicted octanol–water partition coefficient (Wildman–Crippen LogP) is 2.40. The van der Waals surface area contributed by atoms with Crippen LogP contribution in [-0.2, 0) is 9.53 Å². The minimum Gasteiger partial charge on any atom is -0.459 e. The maximum absolute atomic E-state index is 12.2. The Hall–Kier alpha value is -0.645. The van der Waals surface area contributed by atoms with Gasteiger partial charge in [-0.05, 0) is 46.2 Å². The molecule has 0 unspecified atom stereocenters. The molecule has 0 amide bonds. The van der Waals surface area contributed by atoms with Gasteiger partial charge < -0.3 is 9.64 Å². The highest BCUT2D eigenvalue weighted by Crippen LogP contribution is 2.23. The molecule has 3 nitrogen and oxygen atoms in total. The topological polar surface area (TPSA) is 29.5 Å². The standard InChI is InChI=1S/C12H22BF2NO2/c1-4-12(2,3)18-11(17)10-5-7-16(8-6-10)9-13(14)15/h10H,4-9H2,1-3H3. The second kappa shape index (κ2) is 6.50. The Bertz CT molecular complexity index is 279. The van der Waals surface area contributed by atoms with Crippen LogP contribution in [0.5, 0.6) is 0 Å². The summed E-state index contributed by atoms with van der Waals surface area (Å²) in [5.41, 5.74) is -0.433. The molecular formula is C12H22BF2NO2. The smallest absolute Gasteiger partial charge is 0.459 e. The van der Waals surface area contributed by atoms with E-state index in [1.807, 2.05) is 20.8 Å². The van der Waals surface area contributed by atoms with Crippen LogP contribution in [0.3, 0.4) is 0 Å². The second-order valence-electron chi connectivity index (χ2n) is 5.50. The fourth-order valence-electron chi connectivity index (χ4n) is 1.97. The number of likely N-dealkylation sites (tertiary alicyclic amines) is 1. The molecule has 104 valence electrons. The summed E-state index contributed by atoms with van der Waals surface area (Å²) in [6.07, 6.45) is 1.81. The molecule has 0 saturated carbocycles. The van der Waals surface area contributed by atoms with Crippen molar-refractivity contribution in [3.63, 3.8) is 0 Å². The number of nitrogens with zero attached hydrogens (tertiary/aromatic N) is 1. The van der Waals surface area contributed by atoms with Crippen molar-refractivity contribution in [2.75, 3.05) is 19.5 Å². The number of carbonyl (C=O) groups excluding carboxylic acids is 1. The van der Waals surface area contributed by atoms with Gasteiger partial charge in [-0.1, -0.05) is 6.92 Å². The van der Waals surface area contributed by atoms with Gasteiger partial charge in [0.25, 0.3) is 0 Å². The predicted molar refractivity (Wildman–Crippen MR) is 67.6 cm³/mol. The monoisotopic (exact) mass is 261 g/mol. The van der Waals surface area contributed by atoms with Crippen molar-refractivity contribution in [2.24, 2.45) is 5.92 Å². The van der Waals surface area contributed by atoms with E-state index in [0.717, 1.165) is 6.42 Å². The normalized spacial score (nSPS) is 18.7. The van der Waals surface area contributed by atoms with Crippen LogP contribution in [0.4, 0.5) is 8.63 Å². The summed E-state index contributed by atoms with van der Waals surface area (Å²) < 4.78 is 29.9. The van der Waals surface area contributed by atoms with Crippen LogP contribution in [0.25, 0.3) is 0 Å². The van der Waals surface area contributed by atoms with Gasteiger partial charge in [-0.25, -0.2) is 0 Å². The number of ether oxygens (including phenoxy) is 1. The maximum Gasteiger partial charge on any atom is 0.551 e. The second-order valence-corrected chi connectivity index (χ2v) is 5.50. The number of carbonyl (C=O) groups is 1. The van der Waals surface area contributed by atoms with Gasteiger partial charge in [-0.3, -0.25) is 13.4 Å². The first-order valence-electron chi connectivity index (χ1n) is 6.57. The van der Waals surface area contributed by atoms with Crippen molar-refractivity contribution < 1.29 is 18.2 Å². The largest absolute Gasteiger partial charge is 0.551 e. The van der Waals surface area contributed by atoms with Crippen LogP contribution >= 0.6 is 0 Å². The van der Waals surface area contributed by atoms with Crippen LogP contribution < -0.4 is 0 Å². The van der Waals surface area contributed by atoms with Crippen LogP contribution in [0.2, 0.25) is 0 Å². The highest BCUT2D eigenvalue weighted by molar-refractivity contribution is 6.42. The van der Waals surface area contributed by atoms with E-state index < -0.39 is 12.9 Å². The number of halogens is 2. The summed E-state index contributed by atoms with van der Waals surface area (Å²) in [6.45, 7) is 6.85. The van der Waals surface area contributed by atoms with Gasteiger partial charge >= 0.3 is 13.2 Å². The molecule has 0 spiro atoms. The van der Waals surface area contributed by atoms with Gasteiger partial charge in [0.05, 0.1) is 5.92 Å². The summed E-state index contributed by atoms with van der Waals surface area (Å²) in [5, 5.41) is 0. The van der Waals surface area contributed by atoms with Crippen LogP contribution in [0.15, 0.2) is 0 Å². The lowest BCUT2D eigenvalue weighted by molar-refractivity contribution is -0.163. The van der Waals surface area contributed by atoms with E-state index >= 15 is 0 Å².